The van der Waals surface area contributed by atoms with Gasteiger partial charge in [-0.3, -0.25) is 0 Å². The van der Waals surface area contributed by atoms with Crippen LogP contribution in [0.15, 0.2) is 24.3 Å². The summed E-state index contributed by atoms with van der Waals surface area (Å²) < 4.78 is 0. The molecule has 0 aliphatic carbocycles. The maximum atomic E-state index is 11.0. The van der Waals surface area contributed by atoms with Crippen molar-refractivity contribution in [1.82, 2.24) is 4.90 Å². The predicted molar refractivity (Wildman–Crippen MR) is 64.1 cm³/mol. The molecule has 0 radical (unpaired) electrons. The number of likely N-dealkylation sites (tertiary alicyclic amines) is 1. The van der Waals surface area contributed by atoms with E-state index in [1.807, 2.05) is 25.1 Å². The van der Waals surface area contributed by atoms with Crippen LogP contribution in [-0.4, -0.2) is 40.4 Å². The Morgan fingerprint density at radius 2 is 2.29 bits per heavy atom. The van der Waals surface area contributed by atoms with Gasteiger partial charge in [0.1, 0.15) is 0 Å². The summed E-state index contributed by atoms with van der Waals surface area (Å²) in [7, 11) is 0. The van der Waals surface area contributed by atoms with Crippen LogP contribution in [0, 0.1) is 6.92 Å². The van der Waals surface area contributed by atoms with Crippen LogP contribution >= 0.6 is 0 Å². The summed E-state index contributed by atoms with van der Waals surface area (Å²) in [4.78, 5) is 12.4. The second-order valence-electron chi connectivity index (χ2n) is 4.62. The fraction of sp³-hybridized carbons (Fsp3) is 0.462. The van der Waals surface area contributed by atoms with Gasteiger partial charge in [0.15, 0.2) is 0 Å². The summed E-state index contributed by atoms with van der Waals surface area (Å²) in [6.45, 7) is 2.40. The molecule has 0 bridgehead atoms. The second kappa shape index (κ2) is 4.75. The molecule has 2 rings (SSSR count). The fourth-order valence-corrected chi connectivity index (χ4v) is 2.49. The number of amides is 1. The Hall–Kier alpha value is -1.55. The van der Waals surface area contributed by atoms with Crippen LogP contribution in [0.25, 0.3) is 0 Å². The highest BCUT2D eigenvalue weighted by molar-refractivity contribution is 5.66. The molecular weight excluding hydrogens is 218 g/mol. The van der Waals surface area contributed by atoms with E-state index in [0.717, 1.165) is 5.56 Å². The SMILES string of the molecule is Cc1cccc([C@@H]2C[C@@H](CO)N(C(=O)O)C2)c1. The molecule has 4 heteroatoms. The van der Waals surface area contributed by atoms with Gasteiger partial charge in [-0.2, -0.15) is 0 Å². The molecule has 0 aromatic heterocycles. The van der Waals surface area contributed by atoms with Crippen molar-refractivity contribution in [3.63, 3.8) is 0 Å². The highest BCUT2D eigenvalue weighted by Gasteiger charge is 2.35. The lowest BCUT2D eigenvalue weighted by molar-refractivity contribution is 0.118. The van der Waals surface area contributed by atoms with Crippen molar-refractivity contribution < 1.29 is 15.0 Å². The van der Waals surface area contributed by atoms with Gasteiger partial charge in [-0.05, 0) is 18.9 Å². The zero-order chi connectivity index (χ0) is 12.4. The maximum absolute atomic E-state index is 11.0. The highest BCUT2D eigenvalue weighted by Crippen LogP contribution is 2.31. The number of benzene rings is 1. The van der Waals surface area contributed by atoms with Gasteiger partial charge in [0.05, 0.1) is 12.6 Å². The molecule has 0 saturated carbocycles. The Bertz CT molecular complexity index is 419. The number of carboxylic acid groups (broad SMARTS) is 1. The first-order valence-corrected chi connectivity index (χ1v) is 5.79. The highest BCUT2D eigenvalue weighted by atomic mass is 16.4. The zero-order valence-corrected chi connectivity index (χ0v) is 9.84. The third kappa shape index (κ3) is 2.42. The molecule has 0 unspecified atom stereocenters. The van der Waals surface area contributed by atoms with Gasteiger partial charge in [-0.1, -0.05) is 29.8 Å². The average molecular weight is 235 g/mol. The minimum atomic E-state index is -0.945. The van der Waals surface area contributed by atoms with Crippen LogP contribution in [-0.2, 0) is 0 Å². The first kappa shape index (κ1) is 11.9. The first-order valence-electron chi connectivity index (χ1n) is 5.79. The summed E-state index contributed by atoms with van der Waals surface area (Å²) in [5.41, 5.74) is 2.34. The second-order valence-corrected chi connectivity index (χ2v) is 4.62. The van der Waals surface area contributed by atoms with Gasteiger partial charge in [-0.25, -0.2) is 4.79 Å². The molecule has 1 amide bonds. The largest absolute Gasteiger partial charge is 0.465 e. The van der Waals surface area contributed by atoms with Gasteiger partial charge in [0.2, 0.25) is 0 Å². The van der Waals surface area contributed by atoms with E-state index in [-0.39, 0.29) is 18.6 Å². The Morgan fingerprint density at radius 1 is 1.53 bits per heavy atom. The van der Waals surface area contributed by atoms with Crippen molar-refractivity contribution >= 4 is 6.09 Å². The van der Waals surface area contributed by atoms with Gasteiger partial charge in [-0.15, -0.1) is 0 Å². The van der Waals surface area contributed by atoms with E-state index in [2.05, 4.69) is 6.07 Å². The summed E-state index contributed by atoms with van der Waals surface area (Å²) >= 11 is 0. The Kier molecular flexibility index (Phi) is 3.33. The van der Waals surface area contributed by atoms with Gasteiger partial charge in [0.25, 0.3) is 0 Å². The van der Waals surface area contributed by atoms with E-state index in [9.17, 15) is 9.90 Å². The van der Waals surface area contributed by atoms with E-state index < -0.39 is 6.09 Å². The topological polar surface area (TPSA) is 60.8 Å². The zero-order valence-electron chi connectivity index (χ0n) is 9.84. The van der Waals surface area contributed by atoms with Crippen LogP contribution in [0.4, 0.5) is 4.79 Å². The maximum Gasteiger partial charge on any atom is 0.407 e. The van der Waals surface area contributed by atoms with Crippen molar-refractivity contribution in [3.05, 3.63) is 35.4 Å². The molecule has 1 saturated heterocycles. The summed E-state index contributed by atoms with van der Waals surface area (Å²) in [5, 5.41) is 18.2. The Labute approximate surface area is 100 Å². The predicted octanol–water partition coefficient (Wildman–Crippen LogP) is 1.82. The Morgan fingerprint density at radius 3 is 2.82 bits per heavy atom. The number of nitrogens with zero attached hydrogens (tertiary/aromatic N) is 1. The molecule has 1 aromatic rings. The molecule has 2 atom stereocenters. The Balaban J connectivity index is 2.17. The lowest BCUT2D eigenvalue weighted by Gasteiger charge is -2.18. The van der Waals surface area contributed by atoms with Gasteiger partial charge < -0.3 is 15.1 Å². The lowest BCUT2D eigenvalue weighted by Crippen LogP contribution is -2.36. The van der Waals surface area contributed by atoms with Crippen molar-refractivity contribution in [2.75, 3.05) is 13.2 Å². The summed E-state index contributed by atoms with van der Waals surface area (Å²) in [6, 6.07) is 7.86. The number of hydrogen-bond donors (Lipinski definition) is 2. The van der Waals surface area contributed by atoms with Crippen LogP contribution in [0.1, 0.15) is 23.5 Å². The molecular formula is C13H17NO3. The van der Waals surface area contributed by atoms with Crippen molar-refractivity contribution in [2.24, 2.45) is 0 Å². The van der Waals surface area contributed by atoms with Crippen LogP contribution < -0.4 is 0 Å². The monoisotopic (exact) mass is 235 g/mol. The van der Waals surface area contributed by atoms with Gasteiger partial charge in [0, 0.05) is 12.5 Å². The molecule has 1 heterocycles. The molecule has 1 aliphatic heterocycles. The van der Waals surface area contributed by atoms with Crippen molar-refractivity contribution in [2.45, 2.75) is 25.3 Å². The molecule has 1 aromatic carbocycles. The lowest BCUT2D eigenvalue weighted by atomic mass is 9.95. The average Bonchev–Trinajstić information content (AvgIpc) is 2.73. The van der Waals surface area contributed by atoms with Gasteiger partial charge >= 0.3 is 6.09 Å². The molecule has 92 valence electrons. The number of aliphatic hydroxyl groups excluding tert-OH is 1. The van der Waals surface area contributed by atoms with Crippen molar-refractivity contribution in [1.29, 1.82) is 0 Å². The minimum absolute atomic E-state index is 0.103. The summed E-state index contributed by atoms with van der Waals surface area (Å²) in [6.07, 6.45) is -0.245. The van der Waals surface area contributed by atoms with Crippen LogP contribution in [0.2, 0.25) is 0 Å². The van der Waals surface area contributed by atoms with E-state index in [0.29, 0.717) is 13.0 Å². The minimum Gasteiger partial charge on any atom is -0.465 e. The van der Waals surface area contributed by atoms with Crippen molar-refractivity contribution in [3.8, 4) is 0 Å². The number of rotatable bonds is 2. The molecule has 1 aliphatic rings. The number of hydrogen-bond acceptors (Lipinski definition) is 2. The van der Waals surface area contributed by atoms with E-state index in [4.69, 9.17) is 5.11 Å². The quantitative estimate of drug-likeness (QED) is 0.822. The molecule has 2 N–H and O–H groups in total. The third-order valence-electron chi connectivity index (χ3n) is 3.38. The van der Waals surface area contributed by atoms with Crippen LogP contribution in [0.5, 0.6) is 0 Å². The fourth-order valence-electron chi connectivity index (χ4n) is 2.49. The van der Waals surface area contributed by atoms with E-state index in [1.54, 1.807) is 0 Å². The third-order valence-corrected chi connectivity index (χ3v) is 3.38. The number of aryl methyl sites for hydroxylation is 1. The molecule has 4 nitrogen and oxygen atoms in total. The molecule has 1 fully saturated rings. The molecule has 17 heavy (non-hydrogen) atoms. The normalized spacial score (nSPS) is 24.0. The van der Waals surface area contributed by atoms with E-state index in [1.165, 1.54) is 10.5 Å². The van der Waals surface area contributed by atoms with E-state index >= 15 is 0 Å². The standard InChI is InChI=1S/C13H17NO3/c1-9-3-2-4-10(5-9)11-6-12(8-15)14(7-11)13(16)17/h2-5,11-12,15H,6-8H2,1H3,(H,16,17)/t11-,12+/m1/s1. The van der Waals surface area contributed by atoms with Crippen LogP contribution in [0.3, 0.4) is 0 Å². The number of carbonyl (C=O) groups is 1. The number of aliphatic hydroxyl groups is 1. The first-order chi connectivity index (χ1) is 8.11. The smallest absolute Gasteiger partial charge is 0.407 e. The molecule has 0 spiro atoms. The summed E-state index contributed by atoms with van der Waals surface area (Å²) in [5.74, 6) is 0.197.